The SMILES string of the molecule is Cc1cc(C)c(C2C(c3[c-]ccc4c3oc3ccccc34)=Nc3ccccc32)c(C)c1.[2H]C([2H])([2H])c1c[c-]c(-c2cc(C([2H])([2H])C(C)(C)C)[c]([Ge]([CH3])([CH3])[CH3])cn2)cc1.[Ir]. The Morgan fingerprint density at radius 3 is 2.26 bits per heavy atom. The molecule has 0 N–H and O–H groups in total. The molecule has 5 aromatic carbocycles. The Hall–Kier alpha value is -4.09. The number of nitrogens with zero attached hydrogens (tertiary/aromatic N) is 2. The molecule has 1 aliphatic rings. The van der Waals surface area contributed by atoms with Gasteiger partial charge >= 0.3 is 145 Å². The molecule has 8 rings (SSSR count). The van der Waals surface area contributed by atoms with Crippen molar-refractivity contribution >= 4 is 51.0 Å². The zero-order chi connectivity index (χ0) is 41.9. The minimum absolute atomic E-state index is 0. The van der Waals surface area contributed by atoms with Crippen LogP contribution in [0.3, 0.4) is 0 Å². The molecule has 3 nitrogen and oxygen atoms in total. The summed E-state index contributed by atoms with van der Waals surface area (Å²) >= 11 is -2.36. The molecule has 0 saturated carbocycles. The van der Waals surface area contributed by atoms with Gasteiger partial charge < -0.3 is 4.42 Å². The number of aromatic nitrogens is 1. The van der Waals surface area contributed by atoms with E-state index in [1.54, 1.807) is 12.1 Å². The zero-order valence-corrected chi connectivity index (χ0v) is 37.0. The van der Waals surface area contributed by atoms with Crippen LogP contribution in [0.15, 0.2) is 113 Å². The second kappa shape index (κ2) is 15.6. The third kappa shape index (κ3) is 8.13. The van der Waals surface area contributed by atoms with E-state index in [1.165, 1.54) is 33.9 Å². The Labute approximate surface area is 345 Å². The van der Waals surface area contributed by atoms with E-state index < -0.39 is 31.9 Å². The Kier molecular flexibility index (Phi) is 9.59. The van der Waals surface area contributed by atoms with Crippen molar-refractivity contribution in [3.63, 3.8) is 0 Å². The molecule has 54 heavy (non-hydrogen) atoms. The quantitative estimate of drug-likeness (QED) is 0.127. The van der Waals surface area contributed by atoms with Crippen molar-refractivity contribution in [3.05, 3.63) is 160 Å². The first-order valence-electron chi connectivity index (χ1n) is 20.8. The van der Waals surface area contributed by atoms with Gasteiger partial charge in [0, 0.05) is 31.4 Å². The molecule has 0 bridgehead atoms. The van der Waals surface area contributed by atoms with Crippen LogP contribution in [0, 0.1) is 45.2 Å². The van der Waals surface area contributed by atoms with E-state index in [-0.39, 0.29) is 31.6 Å². The standard InChI is InChI=1S/C29H22NO.C20H28GeN.Ir/c1-17-15-18(2)26(19(3)16-17)27-22-10-4-6-13-24(22)30-28(27)23-12-8-11-21-20-9-5-7-14-25(20)31-29(21)23;1-15-8-10-16(11-9-15)19-12-17(13-20(2,3)4)18(14-22-19)21(5,6)7;/h4-11,13-16,27H,1-3H3;8-10,12,14H,13H2,1-7H3;/q2*-1;/i;1D3,13D2;. The first kappa shape index (κ1) is 33.3. The van der Waals surface area contributed by atoms with Crippen LogP contribution in [-0.2, 0) is 26.5 Å². The molecule has 0 spiro atoms. The summed E-state index contributed by atoms with van der Waals surface area (Å²) in [6, 6.07) is 38.3. The third-order valence-corrected chi connectivity index (χ3v) is 13.9. The topological polar surface area (TPSA) is 38.4 Å². The number of furan rings is 1. The van der Waals surface area contributed by atoms with E-state index in [2.05, 4.69) is 110 Å². The van der Waals surface area contributed by atoms with Gasteiger partial charge in [-0.2, -0.15) is 0 Å². The third-order valence-electron chi connectivity index (χ3n) is 9.69. The van der Waals surface area contributed by atoms with Crippen LogP contribution in [-0.4, -0.2) is 24.0 Å². The predicted octanol–water partition coefficient (Wildman–Crippen LogP) is 12.6. The maximum Gasteiger partial charge on any atom is 0 e. The number of fused-ring (bicyclic) bond motifs is 4. The van der Waals surface area contributed by atoms with Crippen LogP contribution in [0.1, 0.15) is 78.1 Å². The van der Waals surface area contributed by atoms with Gasteiger partial charge in [0.25, 0.3) is 0 Å². The molecule has 0 saturated heterocycles. The van der Waals surface area contributed by atoms with Crippen LogP contribution < -0.4 is 4.40 Å². The van der Waals surface area contributed by atoms with Gasteiger partial charge in [0.1, 0.15) is 5.58 Å². The molecule has 1 aliphatic heterocycles. The Morgan fingerprint density at radius 1 is 0.852 bits per heavy atom. The number of pyridine rings is 1. The van der Waals surface area contributed by atoms with Crippen LogP contribution in [0.4, 0.5) is 5.69 Å². The summed E-state index contributed by atoms with van der Waals surface area (Å²) in [5.41, 5.74) is 12.9. The van der Waals surface area contributed by atoms with Gasteiger partial charge in [-0.15, -0.1) is 18.2 Å². The molecule has 5 heteroatoms. The number of rotatable bonds is 5. The van der Waals surface area contributed by atoms with Crippen molar-refractivity contribution in [3.8, 4) is 11.3 Å². The molecule has 277 valence electrons. The van der Waals surface area contributed by atoms with Crippen LogP contribution in [0.25, 0.3) is 33.2 Å². The molecule has 0 amide bonds. The van der Waals surface area contributed by atoms with Crippen molar-refractivity contribution in [2.75, 3.05) is 0 Å². The molecular weight excluding hydrogens is 897 g/mol. The van der Waals surface area contributed by atoms with E-state index >= 15 is 0 Å². The Morgan fingerprint density at radius 2 is 1.57 bits per heavy atom. The van der Waals surface area contributed by atoms with Crippen LogP contribution in [0.2, 0.25) is 17.3 Å². The maximum absolute atomic E-state index is 8.80. The second-order valence-electron chi connectivity index (χ2n) is 16.2. The van der Waals surface area contributed by atoms with E-state index in [0.29, 0.717) is 16.8 Å². The molecule has 1 unspecified atom stereocenters. The molecular formula is C49H50GeIrN2O-2. The van der Waals surface area contributed by atoms with Crippen molar-refractivity contribution in [2.45, 2.75) is 78.0 Å². The van der Waals surface area contributed by atoms with Crippen molar-refractivity contribution in [2.24, 2.45) is 10.4 Å². The minimum Gasteiger partial charge on any atom is 0 e. The first-order chi connectivity index (χ1) is 27.2. The van der Waals surface area contributed by atoms with Gasteiger partial charge in [-0.1, -0.05) is 65.0 Å². The summed E-state index contributed by atoms with van der Waals surface area (Å²) in [6.45, 7) is 10.1. The van der Waals surface area contributed by atoms with Gasteiger partial charge in [0.05, 0.1) is 11.3 Å². The zero-order valence-electron chi connectivity index (χ0n) is 37.5. The molecule has 1 atom stereocenters. The van der Waals surface area contributed by atoms with Gasteiger partial charge in [0.15, 0.2) is 0 Å². The number of hydrogen-bond acceptors (Lipinski definition) is 3. The van der Waals surface area contributed by atoms with Crippen molar-refractivity contribution in [1.82, 2.24) is 4.98 Å². The Balaban J connectivity index is 0.000000198. The summed E-state index contributed by atoms with van der Waals surface area (Å²) in [7, 11) is 0. The molecule has 0 fully saturated rings. The number of benzene rings is 5. The van der Waals surface area contributed by atoms with Crippen LogP contribution >= 0.6 is 0 Å². The molecule has 3 heterocycles. The summed E-state index contributed by atoms with van der Waals surface area (Å²) in [6.07, 6.45) is 0.303. The molecule has 2 aromatic heterocycles. The first-order valence-corrected chi connectivity index (χ1v) is 25.6. The summed E-state index contributed by atoms with van der Waals surface area (Å²) in [4.78, 5) is 9.70. The van der Waals surface area contributed by atoms with Gasteiger partial charge in [0.2, 0.25) is 0 Å². The fourth-order valence-electron chi connectivity index (χ4n) is 7.49. The van der Waals surface area contributed by atoms with Gasteiger partial charge in [-0.05, 0) is 60.9 Å². The van der Waals surface area contributed by atoms with Crippen molar-refractivity contribution < 1.29 is 31.4 Å². The van der Waals surface area contributed by atoms with Crippen molar-refractivity contribution in [1.29, 1.82) is 0 Å². The molecule has 1 radical (unpaired) electrons. The van der Waals surface area contributed by atoms with E-state index in [0.717, 1.165) is 43.3 Å². The second-order valence-corrected chi connectivity index (χ2v) is 26.8. The van der Waals surface area contributed by atoms with E-state index in [9.17, 15) is 0 Å². The minimum atomic E-state index is -2.36. The number of hydrogen-bond donors (Lipinski definition) is 0. The number of aliphatic imine (C=N–C) groups is 1. The predicted molar refractivity (Wildman–Crippen MR) is 227 cm³/mol. The molecule has 7 aromatic rings. The number of para-hydroxylation sites is 2. The van der Waals surface area contributed by atoms with E-state index in [1.807, 2.05) is 51.2 Å². The summed E-state index contributed by atoms with van der Waals surface area (Å²) in [5.74, 6) is 6.76. The fraction of sp³-hybridized carbons (Fsp3) is 0.265. The summed E-state index contributed by atoms with van der Waals surface area (Å²) in [5, 5.41) is 2.24. The fourth-order valence-corrected chi connectivity index (χ4v) is 10.4. The summed E-state index contributed by atoms with van der Waals surface area (Å²) < 4.78 is 47.4. The van der Waals surface area contributed by atoms with E-state index in [4.69, 9.17) is 16.3 Å². The average Bonchev–Trinajstić information content (AvgIpc) is 3.72. The normalized spacial score (nSPS) is 15.8. The monoisotopic (exact) mass is 954 g/mol. The van der Waals surface area contributed by atoms with Gasteiger partial charge in [-0.25, -0.2) is 0 Å². The van der Waals surface area contributed by atoms with Crippen LogP contribution in [0.5, 0.6) is 0 Å². The Bertz CT molecular complexity index is 2680. The average molecular weight is 953 g/mol. The number of aryl methyl sites for hydroxylation is 4. The molecule has 0 aliphatic carbocycles. The van der Waals surface area contributed by atoms with Gasteiger partial charge in [-0.3, -0.25) is 4.99 Å². The smallest absolute Gasteiger partial charge is 0 e. The maximum atomic E-state index is 8.80. The largest absolute Gasteiger partial charge is 0 e.